The molecule has 0 unspecified atom stereocenters. The molecule has 2 N–H and O–H groups in total. The highest BCUT2D eigenvalue weighted by Crippen LogP contribution is 2.25. The molecule has 2 heterocycles. The van der Waals surface area contributed by atoms with Gasteiger partial charge in [0.05, 0.1) is 17.4 Å². The Morgan fingerprint density at radius 1 is 1.04 bits per heavy atom. The maximum absolute atomic E-state index is 12.5. The van der Waals surface area contributed by atoms with Crippen LogP contribution in [-0.2, 0) is 0 Å². The quantitative estimate of drug-likeness (QED) is 0.603. The van der Waals surface area contributed by atoms with Crippen molar-refractivity contribution in [3.63, 3.8) is 0 Å². The number of phenols is 1. The van der Waals surface area contributed by atoms with Crippen molar-refractivity contribution in [3.05, 3.63) is 78.8 Å². The van der Waals surface area contributed by atoms with Crippen molar-refractivity contribution in [1.29, 1.82) is 0 Å². The van der Waals surface area contributed by atoms with Gasteiger partial charge in [-0.2, -0.15) is 5.10 Å². The van der Waals surface area contributed by atoms with Gasteiger partial charge in [0.2, 0.25) is 0 Å². The van der Waals surface area contributed by atoms with Crippen LogP contribution in [0.1, 0.15) is 10.4 Å². The lowest BCUT2D eigenvalue weighted by Gasteiger charge is -2.09. The summed E-state index contributed by atoms with van der Waals surface area (Å²) in [5.41, 5.74) is 0.753. The minimum absolute atomic E-state index is 0.0580. The van der Waals surface area contributed by atoms with Crippen LogP contribution >= 0.6 is 0 Å². The molecule has 0 saturated heterocycles. The van der Waals surface area contributed by atoms with Crippen LogP contribution in [0.3, 0.4) is 0 Å². The van der Waals surface area contributed by atoms with Crippen molar-refractivity contribution in [1.82, 2.24) is 14.8 Å². The third-order valence-electron chi connectivity index (χ3n) is 3.85. The standard InChI is InChI=1S/C19H14N4O2/c24-17-11-14-5-2-1-4-13(14)10-16(17)19(25)22-15-6-7-18(20-12-15)23-9-3-8-21-23/h1-12,24H,(H,22,25). The summed E-state index contributed by atoms with van der Waals surface area (Å²) in [6.07, 6.45) is 5.00. The Morgan fingerprint density at radius 2 is 1.84 bits per heavy atom. The van der Waals surface area contributed by atoms with Gasteiger partial charge in [0.25, 0.3) is 5.91 Å². The van der Waals surface area contributed by atoms with Crippen LogP contribution in [0.2, 0.25) is 0 Å². The van der Waals surface area contributed by atoms with Crippen LogP contribution in [0.15, 0.2) is 73.2 Å². The van der Waals surface area contributed by atoms with E-state index in [2.05, 4.69) is 15.4 Å². The van der Waals surface area contributed by atoms with Crippen LogP contribution in [0.4, 0.5) is 5.69 Å². The highest BCUT2D eigenvalue weighted by atomic mass is 16.3. The highest BCUT2D eigenvalue weighted by molar-refractivity contribution is 6.08. The molecule has 0 aliphatic carbocycles. The maximum atomic E-state index is 12.5. The molecule has 4 aromatic rings. The molecule has 0 atom stereocenters. The number of amides is 1. The fourth-order valence-electron chi connectivity index (χ4n) is 2.61. The van der Waals surface area contributed by atoms with Crippen molar-refractivity contribution in [2.75, 3.05) is 5.32 Å². The van der Waals surface area contributed by atoms with Gasteiger partial charge in [-0.3, -0.25) is 4.79 Å². The summed E-state index contributed by atoms with van der Waals surface area (Å²) in [6.45, 7) is 0. The second-order valence-electron chi connectivity index (χ2n) is 5.53. The van der Waals surface area contributed by atoms with E-state index in [9.17, 15) is 9.90 Å². The number of nitrogens with one attached hydrogen (secondary N) is 1. The summed E-state index contributed by atoms with van der Waals surface area (Å²) in [7, 11) is 0. The maximum Gasteiger partial charge on any atom is 0.259 e. The molecule has 6 nitrogen and oxygen atoms in total. The number of nitrogens with zero attached hydrogens (tertiary/aromatic N) is 3. The minimum Gasteiger partial charge on any atom is -0.507 e. The number of pyridine rings is 1. The first kappa shape index (κ1) is 14.9. The van der Waals surface area contributed by atoms with Crippen molar-refractivity contribution in [2.24, 2.45) is 0 Å². The third kappa shape index (κ3) is 2.92. The molecule has 0 radical (unpaired) electrons. The normalized spacial score (nSPS) is 10.7. The van der Waals surface area contributed by atoms with E-state index in [0.717, 1.165) is 10.8 Å². The van der Waals surface area contributed by atoms with Gasteiger partial charge in [-0.05, 0) is 41.1 Å². The average molecular weight is 330 g/mol. The van der Waals surface area contributed by atoms with Crippen molar-refractivity contribution >= 4 is 22.4 Å². The molecule has 0 fully saturated rings. The Labute approximate surface area is 143 Å². The van der Waals surface area contributed by atoms with E-state index in [1.165, 1.54) is 0 Å². The van der Waals surface area contributed by atoms with Gasteiger partial charge in [-0.1, -0.05) is 24.3 Å². The first-order valence-corrected chi connectivity index (χ1v) is 7.70. The molecule has 0 saturated carbocycles. The number of carbonyl (C=O) groups excluding carboxylic acids is 1. The second-order valence-corrected chi connectivity index (χ2v) is 5.53. The summed E-state index contributed by atoms with van der Waals surface area (Å²) in [6, 6.07) is 16.1. The number of anilines is 1. The molecule has 0 bridgehead atoms. The van der Waals surface area contributed by atoms with Gasteiger partial charge >= 0.3 is 0 Å². The summed E-state index contributed by atoms with van der Waals surface area (Å²) in [5.74, 6) is 0.200. The predicted molar refractivity (Wildman–Crippen MR) is 94.9 cm³/mol. The van der Waals surface area contributed by atoms with E-state index < -0.39 is 5.91 Å². The number of aromatic nitrogens is 3. The number of fused-ring (bicyclic) bond motifs is 1. The highest BCUT2D eigenvalue weighted by Gasteiger charge is 2.13. The molecule has 25 heavy (non-hydrogen) atoms. The van der Waals surface area contributed by atoms with Gasteiger partial charge in [-0.15, -0.1) is 0 Å². The van der Waals surface area contributed by atoms with Gasteiger partial charge in [0.15, 0.2) is 5.82 Å². The molecule has 4 rings (SSSR count). The second kappa shape index (κ2) is 6.09. The molecular weight excluding hydrogens is 316 g/mol. The molecule has 2 aromatic carbocycles. The van der Waals surface area contributed by atoms with E-state index in [-0.39, 0.29) is 11.3 Å². The van der Waals surface area contributed by atoms with Gasteiger partial charge in [0.1, 0.15) is 5.75 Å². The van der Waals surface area contributed by atoms with Crippen molar-refractivity contribution in [2.45, 2.75) is 0 Å². The SMILES string of the molecule is O=C(Nc1ccc(-n2cccn2)nc1)c1cc2ccccc2cc1O. The van der Waals surface area contributed by atoms with Crippen molar-refractivity contribution in [3.8, 4) is 11.6 Å². The number of benzene rings is 2. The number of hydrogen-bond donors (Lipinski definition) is 2. The minimum atomic E-state index is -0.392. The molecule has 0 aliphatic rings. The summed E-state index contributed by atoms with van der Waals surface area (Å²) >= 11 is 0. The molecular formula is C19H14N4O2. The smallest absolute Gasteiger partial charge is 0.259 e. The Morgan fingerprint density at radius 3 is 2.52 bits per heavy atom. The van der Waals surface area contributed by atoms with E-state index >= 15 is 0 Å². The van der Waals surface area contributed by atoms with E-state index in [0.29, 0.717) is 11.5 Å². The summed E-state index contributed by atoms with van der Waals surface area (Å²) in [5, 5.41) is 18.7. The zero-order chi connectivity index (χ0) is 17.2. The number of carbonyl (C=O) groups is 1. The van der Waals surface area contributed by atoms with Gasteiger partial charge in [-0.25, -0.2) is 9.67 Å². The third-order valence-corrected chi connectivity index (χ3v) is 3.85. The Balaban J connectivity index is 1.58. The number of rotatable bonds is 3. The Kier molecular flexibility index (Phi) is 3.63. The monoisotopic (exact) mass is 330 g/mol. The van der Waals surface area contributed by atoms with Crippen LogP contribution in [0.5, 0.6) is 5.75 Å². The summed E-state index contributed by atoms with van der Waals surface area (Å²) < 4.78 is 1.63. The molecule has 0 spiro atoms. The molecule has 1 amide bonds. The number of aromatic hydroxyl groups is 1. The lowest BCUT2D eigenvalue weighted by molar-refractivity contribution is 0.102. The zero-order valence-corrected chi connectivity index (χ0v) is 13.1. The zero-order valence-electron chi connectivity index (χ0n) is 13.1. The topological polar surface area (TPSA) is 80.0 Å². The van der Waals surface area contributed by atoms with Gasteiger partial charge < -0.3 is 10.4 Å². The molecule has 122 valence electrons. The van der Waals surface area contributed by atoms with E-state index in [1.54, 1.807) is 53.6 Å². The average Bonchev–Trinajstić information content (AvgIpc) is 3.16. The fourth-order valence-corrected chi connectivity index (χ4v) is 2.61. The van der Waals surface area contributed by atoms with Crippen LogP contribution in [0.25, 0.3) is 16.6 Å². The predicted octanol–water partition coefficient (Wildman–Crippen LogP) is 3.38. The van der Waals surface area contributed by atoms with Crippen LogP contribution < -0.4 is 5.32 Å². The van der Waals surface area contributed by atoms with Crippen LogP contribution in [0, 0.1) is 0 Å². The lowest BCUT2D eigenvalue weighted by Crippen LogP contribution is -2.12. The van der Waals surface area contributed by atoms with Crippen molar-refractivity contribution < 1.29 is 9.90 Å². The Hall–Kier alpha value is -3.67. The van der Waals surface area contributed by atoms with Crippen LogP contribution in [-0.4, -0.2) is 25.8 Å². The first-order chi connectivity index (χ1) is 12.2. The van der Waals surface area contributed by atoms with E-state index in [1.807, 2.05) is 24.3 Å². The van der Waals surface area contributed by atoms with Gasteiger partial charge in [0, 0.05) is 12.4 Å². The summed E-state index contributed by atoms with van der Waals surface area (Å²) in [4.78, 5) is 16.7. The number of phenolic OH excluding ortho intramolecular Hbond substituents is 1. The van der Waals surface area contributed by atoms with E-state index in [4.69, 9.17) is 0 Å². The Bertz CT molecular complexity index is 1040. The largest absolute Gasteiger partial charge is 0.507 e. The first-order valence-electron chi connectivity index (χ1n) is 7.70. The molecule has 6 heteroatoms. The number of hydrogen-bond acceptors (Lipinski definition) is 4. The lowest BCUT2D eigenvalue weighted by atomic mass is 10.1. The molecule has 2 aromatic heterocycles. The molecule has 0 aliphatic heterocycles. The fraction of sp³-hybridized carbons (Fsp3) is 0.